The summed E-state index contributed by atoms with van der Waals surface area (Å²) in [6, 6.07) is 0. The van der Waals surface area contributed by atoms with Crippen molar-refractivity contribution >= 4 is 56.8 Å². The van der Waals surface area contributed by atoms with Crippen LogP contribution in [0.4, 0.5) is 0 Å². The van der Waals surface area contributed by atoms with Crippen molar-refractivity contribution in [2.45, 2.75) is 1.93 Å². The Hall–Kier alpha value is 1.75. The quantitative estimate of drug-likeness (QED) is 0.515. The largest absolute Gasteiger partial charge is 0.125 e. The van der Waals surface area contributed by atoms with Crippen LogP contribution in [0, 0.1) is 0 Å². The minimum atomic E-state index is 0.590. The van der Waals surface area contributed by atoms with Crippen molar-refractivity contribution < 1.29 is 0 Å². The molecule has 3 heteroatoms. The Kier molecular flexibility index (Phi) is 5.30. The van der Waals surface area contributed by atoms with Gasteiger partial charge in [-0.05, 0) is 0 Å². The zero-order valence-corrected chi connectivity index (χ0v) is 7.49. The lowest BCUT2D eigenvalue weighted by Crippen LogP contribution is -1.79. The van der Waals surface area contributed by atoms with E-state index < -0.39 is 0 Å². The average Bonchev–Trinajstić information content (AvgIpc) is 1.38. The molecule has 0 aliphatic carbocycles. The van der Waals surface area contributed by atoms with Gasteiger partial charge in [0.1, 0.15) is 0 Å². The summed E-state index contributed by atoms with van der Waals surface area (Å²) >= 11 is 9.84. The topological polar surface area (TPSA) is 0 Å². The molecule has 0 spiro atoms. The summed E-state index contributed by atoms with van der Waals surface area (Å²) in [5.74, 6) is 0.751. The number of halogens is 3. The van der Waals surface area contributed by atoms with Crippen LogP contribution in [0.2, 0.25) is 0 Å². The molecular weight excluding hydrogens is 313 g/mol. The number of hydrogen-bond acceptors (Lipinski definition) is 0. The second-order valence-electron chi connectivity index (χ2n) is 0.545. The summed E-state index contributed by atoms with van der Waals surface area (Å²) < 4.78 is 0.590. The Morgan fingerprint density at radius 1 is 1.60 bits per heavy atom. The molecule has 0 N–H and O–H groups in total. The van der Waals surface area contributed by atoms with E-state index in [4.69, 9.17) is 11.6 Å². The highest BCUT2D eigenvalue weighted by molar-refractivity contribution is 14.2. The minimum absolute atomic E-state index is 0.590. The third-order valence-electron chi connectivity index (χ3n) is 0.117. The SMILES string of the molecule is ClCC(I)I. The van der Waals surface area contributed by atoms with Crippen LogP contribution in [0.5, 0.6) is 0 Å². The van der Waals surface area contributed by atoms with Crippen LogP contribution >= 0.6 is 56.8 Å². The molecular formula is C2H3ClI2. The van der Waals surface area contributed by atoms with Crippen molar-refractivity contribution in [3.05, 3.63) is 0 Å². The van der Waals surface area contributed by atoms with Gasteiger partial charge in [-0.25, -0.2) is 0 Å². The highest BCUT2D eigenvalue weighted by atomic mass is 127. The maximum Gasteiger partial charge on any atom is 0.0761 e. The number of rotatable bonds is 1. The van der Waals surface area contributed by atoms with Crippen molar-refractivity contribution in [2.24, 2.45) is 0 Å². The second-order valence-corrected chi connectivity index (χ2v) is 6.24. The highest BCUT2D eigenvalue weighted by Gasteiger charge is 1.87. The predicted octanol–water partition coefficient (Wildman–Crippen LogP) is 2.42. The maximum atomic E-state index is 5.32. The Morgan fingerprint density at radius 2 is 1.80 bits per heavy atom. The Labute approximate surface area is 63.9 Å². The van der Waals surface area contributed by atoms with Gasteiger partial charge in [-0.3, -0.25) is 0 Å². The van der Waals surface area contributed by atoms with Crippen LogP contribution in [-0.4, -0.2) is 7.81 Å². The lowest BCUT2D eigenvalue weighted by atomic mass is 11.0. The van der Waals surface area contributed by atoms with Gasteiger partial charge >= 0.3 is 0 Å². The van der Waals surface area contributed by atoms with Crippen LogP contribution in [-0.2, 0) is 0 Å². The normalized spacial score (nSPS) is 9.60. The third kappa shape index (κ3) is 5.75. The molecule has 0 aromatic rings. The smallest absolute Gasteiger partial charge is 0.0761 e. The molecule has 0 fully saturated rings. The van der Waals surface area contributed by atoms with Gasteiger partial charge in [-0.1, -0.05) is 45.2 Å². The summed E-state index contributed by atoms with van der Waals surface area (Å²) in [5, 5.41) is 0. The molecule has 0 bridgehead atoms. The molecule has 0 atom stereocenters. The summed E-state index contributed by atoms with van der Waals surface area (Å²) in [4.78, 5) is 0. The molecule has 0 unspecified atom stereocenters. The summed E-state index contributed by atoms with van der Waals surface area (Å²) in [7, 11) is 0. The molecule has 0 radical (unpaired) electrons. The van der Waals surface area contributed by atoms with E-state index >= 15 is 0 Å². The predicted molar refractivity (Wildman–Crippen MR) is 42.5 cm³/mol. The van der Waals surface area contributed by atoms with E-state index in [-0.39, 0.29) is 0 Å². The summed E-state index contributed by atoms with van der Waals surface area (Å²) in [5.41, 5.74) is 0. The van der Waals surface area contributed by atoms with Crippen molar-refractivity contribution in [2.75, 3.05) is 5.88 Å². The lowest BCUT2D eigenvalue weighted by Gasteiger charge is -1.83. The van der Waals surface area contributed by atoms with Gasteiger partial charge < -0.3 is 0 Å². The van der Waals surface area contributed by atoms with Gasteiger partial charge in [0.25, 0.3) is 0 Å². The van der Waals surface area contributed by atoms with Crippen molar-refractivity contribution in [1.29, 1.82) is 0 Å². The van der Waals surface area contributed by atoms with Crippen LogP contribution in [0.15, 0.2) is 0 Å². The zero-order valence-electron chi connectivity index (χ0n) is 2.42. The molecule has 0 heterocycles. The molecule has 0 aliphatic rings. The van der Waals surface area contributed by atoms with Crippen LogP contribution < -0.4 is 0 Å². The number of alkyl halides is 3. The third-order valence-corrected chi connectivity index (χ3v) is 2.35. The molecule has 0 aromatic heterocycles. The Bertz CT molecular complexity index is 21.6. The molecule has 0 nitrogen and oxygen atoms in total. The maximum absolute atomic E-state index is 5.32. The average molecular weight is 316 g/mol. The minimum Gasteiger partial charge on any atom is -0.125 e. The molecule has 32 valence electrons. The van der Waals surface area contributed by atoms with Gasteiger partial charge in [0.15, 0.2) is 0 Å². The van der Waals surface area contributed by atoms with E-state index in [0.717, 1.165) is 5.88 Å². The summed E-state index contributed by atoms with van der Waals surface area (Å²) in [6.45, 7) is 0. The van der Waals surface area contributed by atoms with Crippen LogP contribution in [0.3, 0.4) is 0 Å². The fraction of sp³-hybridized carbons (Fsp3) is 1.00. The fourth-order valence-electron chi connectivity index (χ4n) is 0. The van der Waals surface area contributed by atoms with E-state index in [1.54, 1.807) is 0 Å². The molecule has 0 saturated carbocycles. The standard InChI is InChI=1S/C2H3ClI2/c3-1-2(4)5/h2H,1H2. The van der Waals surface area contributed by atoms with Gasteiger partial charge in [0.05, 0.1) is 1.93 Å². The molecule has 0 aromatic carbocycles. The van der Waals surface area contributed by atoms with Gasteiger partial charge in [0, 0.05) is 5.88 Å². The first-order valence-electron chi connectivity index (χ1n) is 1.11. The lowest BCUT2D eigenvalue weighted by molar-refractivity contribution is 1.55. The first-order valence-corrected chi connectivity index (χ1v) is 4.14. The molecule has 0 amide bonds. The van der Waals surface area contributed by atoms with E-state index in [2.05, 4.69) is 45.2 Å². The first kappa shape index (κ1) is 6.75. The van der Waals surface area contributed by atoms with Crippen LogP contribution in [0.25, 0.3) is 0 Å². The first-order chi connectivity index (χ1) is 2.27. The molecule has 0 aliphatic heterocycles. The number of hydrogen-bond donors (Lipinski definition) is 0. The van der Waals surface area contributed by atoms with Crippen LogP contribution in [0.1, 0.15) is 0 Å². The Balaban J connectivity index is 2.54. The van der Waals surface area contributed by atoms with Crippen molar-refractivity contribution in [1.82, 2.24) is 0 Å². The van der Waals surface area contributed by atoms with E-state index in [9.17, 15) is 0 Å². The van der Waals surface area contributed by atoms with E-state index in [1.165, 1.54) is 0 Å². The second kappa shape index (κ2) is 3.92. The van der Waals surface area contributed by atoms with Crippen molar-refractivity contribution in [3.63, 3.8) is 0 Å². The van der Waals surface area contributed by atoms with E-state index in [0.29, 0.717) is 1.93 Å². The summed E-state index contributed by atoms with van der Waals surface area (Å²) in [6.07, 6.45) is 0. The monoisotopic (exact) mass is 316 g/mol. The molecule has 0 saturated heterocycles. The molecule has 0 rings (SSSR count). The van der Waals surface area contributed by atoms with E-state index in [1.807, 2.05) is 0 Å². The fourth-order valence-corrected chi connectivity index (χ4v) is 0. The highest BCUT2D eigenvalue weighted by Crippen LogP contribution is 2.09. The Morgan fingerprint density at radius 3 is 1.80 bits per heavy atom. The van der Waals surface area contributed by atoms with Crippen molar-refractivity contribution in [3.8, 4) is 0 Å². The molecule has 5 heavy (non-hydrogen) atoms. The van der Waals surface area contributed by atoms with Gasteiger partial charge in [0.2, 0.25) is 0 Å². The van der Waals surface area contributed by atoms with Gasteiger partial charge in [-0.15, -0.1) is 11.6 Å². The zero-order chi connectivity index (χ0) is 4.28. The van der Waals surface area contributed by atoms with Gasteiger partial charge in [-0.2, -0.15) is 0 Å².